The van der Waals surface area contributed by atoms with Crippen LogP contribution in [0.1, 0.15) is 59.3 Å². The molecule has 7 rings (SSSR count). The quantitative estimate of drug-likeness (QED) is 0.281. The molecule has 3 fully saturated rings. The normalized spacial score (nSPS) is 26.5. The average molecular weight is 810 g/mol. The molecular weight excluding hydrogens is 763 g/mol. The predicted octanol–water partition coefficient (Wildman–Crippen LogP) is 3.24. The van der Waals surface area contributed by atoms with Gasteiger partial charge in [0, 0.05) is 35.9 Å². The highest BCUT2D eigenvalue weighted by molar-refractivity contribution is 7.99. The highest BCUT2D eigenvalue weighted by Gasteiger charge is 2.62. The van der Waals surface area contributed by atoms with E-state index >= 15 is 0 Å². The molecule has 5 atom stereocenters. The van der Waals surface area contributed by atoms with Crippen LogP contribution in [0.2, 0.25) is 0 Å². The van der Waals surface area contributed by atoms with E-state index in [1.54, 1.807) is 57.1 Å². The second-order valence-corrected chi connectivity index (χ2v) is 18.7. The monoisotopic (exact) mass is 809 g/mol. The summed E-state index contributed by atoms with van der Waals surface area (Å²) in [4.78, 5) is 62.0. The van der Waals surface area contributed by atoms with Crippen molar-refractivity contribution in [2.24, 2.45) is 5.92 Å². The molecule has 0 spiro atoms. The zero-order valence-corrected chi connectivity index (χ0v) is 33.4. The Hall–Kier alpha value is -4.84. The van der Waals surface area contributed by atoms with E-state index in [1.807, 2.05) is 30.4 Å². The molecule has 18 heteroatoms. The number of amides is 4. The maximum atomic E-state index is 14.6. The summed E-state index contributed by atoms with van der Waals surface area (Å²) in [5.74, 6) is -0.223. The van der Waals surface area contributed by atoms with Crippen molar-refractivity contribution in [3.05, 3.63) is 54.9 Å². The summed E-state index contributed by atoms with van der Waals surface area (Å²) in [5, 5.41) is 10.7. The van der Waals surface area contributed by atoms with Gasteiger partial charge in [-0.1, -0.05) is 12.2 Å². The van der Waals surface area contributed by atoms with Crippen molar-refractivity contribution in [2.45, 2.75) is 93.9 Å². The number of carbonyl (C=O) groups is 4. The van der Waals surface area contributed by atoms with Crippen LogP contribution in [0.3, 0.4) is 0 Å². The molecule has 2 aliphatic carbocycles. The van der Waals surface area contributed by atoms with Crippen LogP contribution in [-0.4, -0.2) is 112 Å². The van der Waals surface area contributed by atoms with Gasteiger partial charge in [-0.2, -0.15) is 21.8 Å². The van der Waals surface area contributed by atoms with Crippen LogP contribution in [0.5, 0.6) is 11.6 Å². The first kappa shape index (κ1) is 39.4. The molecule has 56 heavy (non-hydrogen) atoms. The lowest BCUT2D eigenvalue weighted by Gasteiger charge is -2.30. The molecule has 1 saturated heterocycles. The number of pyridine rings is 1. The number of fused-ring (bicyclic) bond motifs is 3. The minimum Gasteiger partial charge on any atom is -0.497 e. The Bertz CT molecular complexity index is 2140. The summed E-state index contributed by atoms with van der Waals surface area (Å²) in [7, 11) is -2.34. The fourth-order valence-corrected chi connectivity index (χ4v) is 9.38. The third kappa shape index (κ3) is 8.75. The summed E-state index contributed by atoms with van der Waals surface area (Å²) in [5.41, 5.74) is -2.35. The molecular formula is C38H47N7O9S2. The van der Waals surface area contributed by atoms with Crippen LogP contribution in [0, 0.1) is 5.92 Å². The van der Waals surface area contributed by atoms with Gasteiger partial charge in [0.2, 0.25) is 27.7 Å². The van der Waals surface area contributed by atoms with E-state index in [1.165, 1.54) is 16.7 Å². The van der Waals surface area contributed by atoms with Crippen molar-refractivity contribution < 1.29 is 41.8 Å². The van der Waals surface area contributed by atoms with Crippen molar-refractivity contribution in [3.63, 3.8) is 0 Å². The number of hydrogen-bond donors (Lipinski definition) is 3. The molecule has 2 saturated carbocycles. The average Bonchev–Trinajstić information content (AvgIpc) is 4.00. The summed E-state index contributed by atoms with van der Waals surface area (Å²) in [6, 6.07) is 6.82. The number of hydrogen-bond acceptors (Lipinski definition) is 12. The topological polar surface area (TPSA) is 200 Å². The highest BCUT2D eigenvalue weighted by Crippen LogP contribution is 2.46. The predicted molar refractivity (Wildman–Crippen MR) is 208 cm³/mol. The second-order valence-electron chi connectivity index (χ2n) is 15.6. The molecule has 0 radical (unpaired) electrons. The zero-order valence-electron chi connectivity index (χ0n) is 31.7. The van der Waals surface area contributed by atoms with Gasteiger partial charge in [0.05, 0.1) is 18.9 Å². The third-order valence-corrected chi connectivity index (χ3v) is 13.1. The van der Waals surface area contributed by atoms with Gasteiger partial charge in [0.1, 0.15) is 35.1 Å². The van der Waals surface area contributed by atoms with E-state index in [2.05, 4.69) is 20.5 Å². The number of ether oxygens (including phenoxy) is 3. The van der Waals surface area contributed by atoms with Crippen molar-refractivity contribution >= 4 is 56.4 Å². The van der Waals surface area contributed by atoms with E-state index in [0.717, 1.165) is 11.8 Å². The van der Waals surface area contributed by atoms with Gasteiger partial charge in [-0.25, -0.2) is 17.9 Å². The number of nitrogens with zero attached hydrogens (tertiary/aromatic N) is 4. The molecule has 4 aliphatic rings. The lowest BCUT2D eigenvalue weighted by Crippen LogP contribution is -2.58. The first-order valence-corrected chi connectivity index (χ1v) is 21.4. The number of nitrogens with one attached hydrogen (secondary N) is 3. The Kier molecular flexibility index (Phi) is 11.0. The van der Waals surface area contributed by atoms with Crippen LogP contribution < -0.4 is 24.8 Å². The van der Waals surface area contributed by atoms with Crippen molar-refractivity contribution in [1.82, 2.24) is 35.0 Å². The number of aromatic nitrogens is 3. The largest absolute Gasteiger partial charge is 0.497 e. The Labute approximate surface area is 329 Å². The van der Waals surface area contributed by atoms with Crippen LogP contribution in [-0.2, 0) is 29.1 Å². The number of carbonyl (C=O) groups excluding carboxylic acids is 4. The van der Waals surface area contributed by atoms with Crippen LogP contribution in [0.4, 0.5) is 4.79 Å². The van der Waals surface area contributed by atoms with E-state index < -0.39 is 74.3 Å². The Morgan fingerprint density at radius 3 is 2.66 bits per heavy atom. The van der Waals surface area contributed by atoms with Crippen molar-refractivity contribution in [3.8, 4) is 17.4 Å². The maximum Gasteiger partial charge on any atom is 0.408 e. The van der Waals surface area contributed by atoms with E-state index in [-0.39, 0.29) is 31.0 Å². The zero-order chi connectivity index (χ0) is 39.8. The van der Waals surface area contributed by atoms with Gasteiger partial charge in [-0.15, -0.1) is 0 Å². The Balaban J connectivity index is 1.22. The van der Waals surface area contributed by atoms with Gasteiger partial charge in [0.25, 0.3) is 5.91 Å². The Morgan fingerprint density at radius 1 is 1.14 bits per heavy atom. The Morgan fingerprint density at radius 2 is 1.95 bits per heavy atom. The van der Waals surface area contributed by atoms with Gasteiger partial charge in [-0.05, 0) is 94.3 Å². The van der Waals surface area contributed by atoms with Gasteiger partial charge < -0.3 is 29.7 Å². The van der Waals surface area contributed by atoms with E-state index in [0.29, 0.717) is 42.0 Å². The second kappa shape index (κ2) is 15.6. The molecule has 300 valence electrons. The fraction of sp³-hybridized carbons (Fsp3) is 0.526. The first-order chi connectivity index (χ1) is 26.7. The molecule has 16 nitrogen and oxygen atoms in total. The van der Waals surface area contributed by atoms with Crippen molar-refractivity contribution in [1.29, 1.82) is 0 Å². The summed E-state index contributed by atoms with van der Waals surface area (Å²) < 4.78 is 47.1. The molecule has 3 aromatic rings. The number of allylic oxidation sites excluding steroid dienone is 1. The molecule has 0 unspecified atom stereocenters. The number of alkyl carbamates (subject to hydrolysis) is 1. The van der Waals surface area contributed by atoms with Crippen molar-refractivity contribution in [2.75, 3.05) is 25.2 Å². The molecule has 2 aliphatic heterocycles. The smallest absolute Gasteiger partial charge is 0.408 e. The lowest BCUT2D eigenvalue weighted by molar-refractivity contribution is -0.140. The molecule has 1 aromatic carbocycles. The minimum absolute atomic E-state index is 0.00772. The summed E-state index contributed by atoms with van der Waals surface area (Å²) >= 11 is 1.49. The molecule has 4 amide bonds. The molecule has 0 bridgehead atoms. The maximum absolute atomic E-state index is 14.6. The van der Waals surface area contributed by atoms with Crippen LogP contribution >= 0.6 is 11.8 Å². The SMILES string of the molecule is COc1ccc2c(O[C@@H]3C[C@H]4C(=O)N[C@]5(C(=O)NS(=O)(=O)C6CC6)C[C@H]5/C=C\CCCSC[C@H](NC(=O)OC(C)(C)C)C(=O)N4C3)nc(-n3cccn3)cc2c1. The highest BCUT2D eigenvalue weighted by atomic mass is 32.2. The standard InChI is InChI=1S/C38H47N7O9S2/c1-37(2,3)54-36(49)40-29-22-55-16-7-5-6-9-24-20-38(24,35(48)43-56(50,51)27-11-12-27)42-32(46)30-19-26(21-44(30)34(29)47)53-33-28-13-10-25(52-4)17-23(28)18-31(41-33)45-15-8-14-39-45/h6,8-10,13-15,17-18,24,26-27,29-30H,5,7,11-12,16,19-22H2,1-4H3,(H,40,49)(H,42,46)(H,43,48)/b9-6-/t24-,26-,29+,30+,38-/m1/s1. The number of thioether (sulfide) groups is 1. The third-order valence-electron chi connectivity index (χ3n) is 10.1. The van der Waals surface area contributed by atoms with Crippen LogP contribution in [0.25, 0.3) is 16.6 Å². The minimum atomic E-state index is -3.91. The van der Waals surface area contributed by atoms with E-state index in [9.17, 15) is 27.6 Å². The number of rotatable bonds is 8. The number of sulfonamides is 1. The van der Waals surface area contributed by atoms with Crippen LogP contribution in [0.15, 0.2) is 54.9 Å². The number of benzene rings is 1. The molecule has 4 heterocycles. The first-order valence-electron chi connectivity index (χ1n) is 18.7. The fourth-order valence-electron chi connectivity index (χ4n) is 7.02. The lowest BCUT2D eigenvalue weighted by atomic mass is 10.1. The van der Waals surface area contributed by atoms with E-state index in [4.69, 9.17) is 19.2 Å². The number of methoxy groups -OCH3 is 1. The van der Waals surface area contributed by atoms with Gasteiger partial charge in [-0.3, -0.25) is 19.1 Å². The summed E-state index contributed by atoms with van der Waals surface area (Å²) in [6.45, 7) is 5.10. The molecule has 3 N–H and O–H groups in total. The summed E-state index contributed by atoms with van der Waals surface area (Å²) in [6.07, 6.45) is 8.15. The molecule has 2 aromatic heterocycles. The van der Waals surface area contributed by atoms with Gasteiger partial charge >= 0.3 is 6.09 Å². The van der Waals surface area contributed by atoms with Gasteiger partial charge in [0.15, 0.2) is 5.82 Å².